The number of nitrogen functional groups attached to an aromatic ring is 1. The first kappa shape index (κ1) is 15.7. The second kappa shape index (κ2) is 6.85. The van der Waals surface area contributed by atoms with Crippen molar-refractivity contribution in [2.45, 2.75) is 0 Å². The summed E-state index contributed by atoms with van der Waals surface area (Å²) in [6.45, 7) is 0. The lowest BCUT2D eigenvalue weighted by Gasteiger charge is -2.05. The highest BCUT2D eigenvalue weighted by molar-refractivity contribution is 6.35. The number of carbonyl (C=O) groups is 1. The molecule has 0 saturated carbocycles. The number of amides is 1. The maximum absolute atomic E-state index is 11.8. The Hall–Kier alpha value is -1.68. The summed E-state index contributed by atoms with van der Waals surface area (Å²) in [5.74, 6) is -0.326. The van der Waals surface area contributed by atoms with Crippen molar-refractivity contribution in [1.29, 1.82) is 0 Å². The van der Waals surface area contributed by atoms with Gasteiger partial charge in [-0.05, 0) is 42.0 Å². The molecule has 0 aromatic heterocycles. The fourth-order valence-electron chi connectivity index (χ4n) is 1.61. The van der Waals surface area contributed by atoms with Gasteiger partial charge >= 0.3 is 0 Å². The summed E-state index contributed by atoms with van der Waals surface area (Å²) in [6, 6.07) is 9.89. The van der Waals surface area contributed by atoms with Gasteiger partial charge in [-0.2, -0.15) is 0 Å². The molecule has 0 spiro atoms. The Bertz CT molecular complexity index is 714. The first-order valence-electron chi connectivity index (χ1n) is 5.95. The molecule has 0 aliphatic heterocycles. The molecule has 1 amide bonds. The van der Waals surface area contributed by atoms with Crippen LogP contribution in [0.2, 0.25) is 15.1 Å². The van der Waals surface area contributed by atoms with Crippen LogP contribution in [0.25, 0.3) is 6.08 Å². The van der Waals surface area contributed by atoms with Crippen LogP contribution in [0.15, 0.2) is 42.5 Å². The number of rotatable bonds is 3. The van der Waals surface area contributed by atoms with Crippen molar-refractivity contribution in [2.75, 3.05) is 11.1 Å². The van der Waals surface area contributed by atoms with E-state index in [0.29, 0.717) is 32.0 Å². The first-order valence-corrected chi connectivity index (χ1v) is 7.08. The van der Waals surface area contributed by atoms with Gasteiger partial charge in [0.25, 0.3) is 0 Å². The number of carbonyl (C=O) groups excluding carboxylic acids is 1. The van der Waals surface area contributed by atoms with E-state index in [1.807, 2.05) is 0 Å². The molecule has 2 rings (SSSR count). The van der Waals surface area contributed by atoms with E-state index >= 15 is 0 Å². The molecule has 0 bridgehead atoms. The predicted molar refractivity (Wildman–Crippen MR) is 90.0 cm³/mol. The lowest BCUT2D eigenvalue weighted by molar-refractivity contribution is -0.111. The molecule has 0 aliphatic carbocycles. The lowest BCUT2D eigenvalue weighted by atomic mass is 10.2. The second-order valence-electron chi connectivity index (χ2n) is 4.23. The van der Waals surface area contributed by atoms with Crippen LogP contribution in [0.5, 0.6) is 0 Å². The molecule has 21 heavy (non-hydrogen) atoms. The van der Waals surface area contributed by atoms with Gasteiger partial charge in [0.2, 0.25) is 5.91 Å². The van der Waals surface area contributed by atoms with Crippen molar-refractivity contribution in [1.82, 2.24) is 0 Å². The minimum absolute atomic E-state index is 0.326. The number of nitrogens with two attached hydrogens (primary N) is 1. The molecule has 0 fully saturated rings. The summed E-state index contributed by atoms with van der Waals surface area (Å²) in [4.78, 5) is 11.8. The molecular formula is C15H11Cl3N2O. The molecule has 2 aromatic carbocycles. The largest absolute Gasteiger partial charge is 0.399 e. The topological polar surface area (TPSA) is 55.1 Å². The molecule has 0 atom stereocenters. The highest BCUT2D eigenvalue weighted by atomic mass is 35.5. The van der Waals surface area contributed by atoms with Crippen molar-refractivity contribution in [3.05, 3.63) is 63.1 Å². The smallest absolute Gasteiger partial charge is 0.248 e. The Morgan fingerprint density at radius 2 is 1.81 bits per heavy atom. The van der Waals surface area contributed by atoms with E-state index in [1.54, 1.807) is 42.5 Å². The summed E-state index contributed by atoms with van der Waals surface area (Å²) in [7, 11) is 0. The molecule has 3 nitrogen and oxygen atoms in total. The lowest BCUT2D eigenvalue weighted by Crippen LogP contribution is -2.08. The van der Waals surface area contributed by atoms with Gasteiger partial charge in [0, 0.05) is 21.8 Å². The Morgan fingerprint density at radius 3 is 2.48 bits per heavy atom. The van der Waals surface area contributed by atoms with E-state index in [0.717, 1.165) is 0 Å². The van der Waals surface area contributed by atoms with Gasteiger partial charge in [0.1, 0.15) is 0 Å². The second-order valence-corrected chi connectivity index (χ2v) is 5.48. The van der Waals surface area contributed by atoms with Crippen LogP contribution in [0.4, 0.5) is 11.4 Å². The minimum Gasteiger partial charge on any atom is -0.399 e. The molecule has 0 saturated heterocycles. The number of halogens is 3. The van der Waals surface area contributed by atoms with Crippen LogP contribution in [0.3, 0.4) is 0 Å². The van der Waals surface area contributed by atoms with Crippen LogP contribution in [0.1, 0.15) is 5.56 Å². The standard InChI is InChI=1S/C15H11Cl3N2O/c16-10-3-1-9(12(17)7-10)2-6-15(21)20-14-5-4-11(19)8-13(14)18/h1-8H,19H2,(H,20,21)/b6-2+. The van der Waals surface area contributed by atoms with E-state index in [-0.39, 0.29) is 5.91 Å². The van der Waals surface area contributed by atoms with Crippen LogP contribution in [-0.4, -0.2) is 5.91 Å². The predicted octanol–water partition coefficient (Wildman–Crippen LogP) is 4.88. The third kappa shape index (κ3) is 4.39. The molecule has 0 aliphatic rings. The van der Waals surface area contributed by atoms with Crippen LogP contribution >= 0.6 is 34.8 Å². The normalized spacial score (nSPS) is 10.8. The third-order valence-corrected chi connectivity index (χ3v) is 3.50. The van der Waals surface area contributed by atoms with Gasteiger partial charge in [0.15, 0.2) is 0 Å². The van der Waals surface area contributed by atoms with E-state index in [2.05, 4.69) is 5.32 Å². The molecule has 2 aromatic rings. The zero-order chi connectivity index (χ0) is 15.4. The van der Waals surface area contributed by atoms with Crippen LogP contribution in [0, 0.1) is 0 Å². The summed E-state index contributed by atoms with van der Waals surface area (Å²) in [5.41, 5.74) is 7.30. The Morgan fingerprint density at radius 1 is 1.05 bits per heavy atom. The molecule has 3 N–H and O–H groups in total. The Kier molecular flexibility index (Phi) is 5.12. The molecule has 6 heteroatoms. The zero-order valence-electron chi connectivity index (χ0n) is 10.7. The van der Waals surface area contributed by atoms with Crippen LogP contribution in [-0.2, 0) is 4.79 Å². The van der Waals surface area contributed by atoms with Crippen molar-refractivity contribution in [3.63, 3.8) is 0 Å². The molecule has 0 unspecified atom stereocenters. The molecular weight excluding hydrogens is 331 g/mol. The van der Waals surface area contributed by atoms with Gasteiger partial charge in [-0.1, -0.05) is 40.9 Å². The van der Waals surface area contributed by atoms with Gasteiger partial charge in [0.05, 0.1) is 10.7 Å². The van der Waals surface area contributed by atoms with Crippen LogP contribution < -0.4 is 11.1 Å². The SMILES string of the molecule is Nc1ccc(NC(=O)/C=C/c2ccc(Cl)cc2Cl)c(Cl)c1. The molecule has 0 radical (unpaired) electrons. The van der Waals surface area contributed by atoms with E-state index in [4.69, 9.17) is 40.5 Å². The average molecular weight is 342 g/mol. The van der Waals surface area contributed by atoms with Gasteiger partial charge in [-0.15, -0.1) is 0 Å². The van der Waals surface area contributed by atoms with E-state index < -0.39 is 0 Å². The fourth-order valence-corrected chi connectivity index (χ4v) is 2.32. The monoisotopic (exact) mass is 340 g/mol. The highest BCUT2D eigenvalue weighted by Gasteiger charge is 2.04. The van der Waals surface area contributed by atoms with Crippen molar-refractivity contribution >= 4 is 58.2 Å². The number of nitrogens with one attached hydrogen (secondary N) is 1. The first-order chi connectivity index (χ1) is 9.95. The molecule has 108 valence electrons. The summed E-state index contributed by atoms with van der Waals surface area (Å²) in [6.07, 6.45) is 2.96. The summed E-state index contributed by atoms with van der Waals surface area (Å²) in [5, 5.41) is 4.04. The Balaban J connectivity index is 2.09. The van der Waals surface area contributed by atoms with E-state index in [9.17, 15) is 4.79 Å². The van der Waals surface area contributed by atoms with E-state index in [1.165, 1.54) is 6.08 Å². The number of hydrogen-bond acceptors (Lipinski definition) is 2. The number of benzene rings is 2. The zero-order valence-corrected chi connectivity index (χ0v) is 13.0. The minimum atomic E-state index is -0.326. The number of hydrogen-bond donors (Lipinski definition) is 2. The van der Waals surface area contributed by atoms with Crippen molar-refractivity contribution in [2.24, 2.45) is 0 Å². The highest BCUT2D eigenvalue weighted by Crippen LogP contribution is 2.24. The quantitative estimate of drug-likeness (QED) is 0.617. The summed E-state index contributed by atoms with van der Waals surface area (Å²) < 4.78 is 0. The Labute approximate surface area is 137 Å². The summed E-state index contributed by atoms with van der Waals surface area (Å²) >= 11 is 17.8. The third-order valence-electron chi connectivity index (χ3n) is 2.63. The fraction of sp³-hybridized carbons (Fsp3) is 0. The van der Waals surface area contributed by atoms with Gasteiger partial charge in [-0.25, -0.2) is 0 Å². The van der Waals surface area contributed by atoms with Gasteiger partial charge in [-0.3, -0.25) is 4.79 Å². The maximum Gasteiger partial charge on any atom is 0.248 e. The number of anilines is 2. The van der Waals surface area contributed by atoms with Crippen molar-refractivity contribution in [3.8, 4) is 0 Å². The maximum atomic E-state index is 11.8. The molecule has 0 heterocycles. The van der Waals surface area contributed by atoms with Crippen molar-refractivity contribution < 1.29 is 4.79 Å². The average Bonchev–Trinajstić information content (AvgIpc) is 2.41. The van der Waals surface area contributed by atoms with Gasteiger partial charge < -0.3 is 11.1 Å².